The zero-order valence-corrected chi connectivity index (χ0v) is 37.3. The summed E-state index contributed by atoms with van der Waals surface area (Å²) in [4.78, 5) is 14.8. The lowest BCUT2D eigenvalue weighted by atomic mass is 10.0. The van der Waals surface area contributed by atoms with E-state index in [9.17, 15) is 0 Å². The molecular weight excluding hydrogens is 841 g/mol. The lowest BCUT2D eigenvalue weighted by Gasteiger charge is -2.20. The van der Waals surface area contributed by atoms with Crippen molar-refractivity contribution in [3.05, 3.63) is 251 Å². The van der Waals surface area contributed by atoms with Crippen LogP contribution in [0.15, 0.2) is 205 Å². The normalized spacial score (nSPS) is 18.5. The Labute approximate surface area is 394 Å². The Morgan fingerprint density at radius 1 is 0.368 bits per heavy atom. The largest absolute Gasteiger partial charge is 0.350 e. The van der Waals surface area contributed by atoms with Gasteiger partial charge in [0.15, 0.2) is 75.8 Å². The third-order valence-corrected chi connectivity index (χ3v) is 13.5. The van der Waals surface area contributed by atoms with Crippen LogP contribution >= 0.6 is 0 Å². The number of hydrogen-bond acceptors (Lipinski definition) is 7. The van der Waals surface area contributed by atoms with Gasteiger partial charge in [0.2, 0.25) is 0 Å². The number of rotatable bonds is 8. The van der Waals surface area contributed by atoms with Gasteiger partial charge in [-0.2, -0.15) is 0 Å². The van der Waals surface area contributed by atoms with E-state index >= 15 is 0 Å². The minimum Gasteiger partial charge on any atom is -0.350 e. The first-order chi connectivity index (χ1) is 33.6. The first-order valence-electron chi connectivity index (χ1n) is 23.4. The monoisotopic (exact) mass is 890 g/mol. The van der Waals surface area contributed by atoms with Gasteiger partial charge in [0, 0.05) is 104 Å². The molecule has 0 aliphatic carbocycles. The quantitative estimate of drug-likeness (QED) is 0.0947. The van der Waals surface area contributed by atoms with Crippen molar-refractivity contribution in [3.8, 4) is 0 Å². The molecule has 4 atom stereocenters. The van der Waals surface area contributed by atoms with Crippen LogP contribution in [0.25, 0.3) is 10.8 Å². The Balaban J connectivity index is 0.946. The maximum atomic E-state index is 5.50. The van der Waals surface area contributed by atoms with Gasteiger partial charge >= 0.3 is 0 Å². The zero-order chi connectivity index (χ0) is 45.0. The summed E-state index contributed by atoms with van der Waals surface area (Å²) in [5.41, 5.74) is 11.5. The van der Waals surface area contributed by atoms with Crippen molar-refractivity contribution >= 4 is 34.1 Å². The van der Waals surface area contributed by atoms with Crippen LogP contribution in [-0.4, -0.2) is 16.7 Å². The van der Waals surface area contributed by atoms with Crippen LogP contribution in [0.3, 0.4) is 0 Å². The number of aromatic amines is 1. The standard InChI is InChI=1S/C56H50N12/c1-5-21-65(22-6-1)33-37-13-17-41-45(29-37)53-57-49(41)62-54-47-31-39(35-67-25-9-3-10-26-67)15-19-43(47)51(59-54)64-56-48-32-40(36-68-27-11-4-12-28-68)16-20-44(48)52(60-56)63-55-46-30-38(34-66-23-7-2-8-24-66)14-18-42(46)50(58-55)61-53/h1-32,49-50,55-56,58-59,62,64H,33-36H2,(H,57,61)(H,60,63)/q+4. The SMILES string of the molecule is c1cc[n+](Cc2ccc3c(c2)C2=NC3Nc3[nH]c(c4ccc(C[n+]5ccccc5)cc34)NC3N=C(NC4NC(N2)c2ccc(C[n+]5ccccc5)cc24)c2ccc(C[n+]4ccccc4)cc23)cc1. The second-order valence-electron chi connectivity index (χ2n) is 18.1. The molecule has 68 heavy (non-hydrogen) atoms. The van der Waals surface area contributed by atoms with Crippen LogP contribution in [0.1, 0.15) is 80.3 Å². The molecule has 0 radical (unpaired) electrons. The molecular formula is C56H50N12+4. The molecule has 0 spiro atoms. The molecule has 12 nitrogen and oxygen atoms in total. The maximum Gasteiger partial charge on any atom is 0.173 e. The molecule has 4 aliphatic rings. The molecule has 0 saturated heterocycles. The van der Waals surface area contributed by atoms with Crippen LogP contribution < -0.4 is 44.9 Å². The molecule has 0 fully saturated rings. The van der Waals surface area contributed by atoms with E-state index in [4.69, 9.17) is 9.98 Å². The molecule has 6 N–H and O–H groups in total. The number of benzene rings is 4. The number of aromatic nitrogens is 5. The highest BCUT2D eigenvalue weighted by molar-refractivity contribution is 6.06. The van der Waals surface area contributed by atoms with Crippen molar-refractivity contribution in [1.29, 1.82) is 0 Å². The summed E-state index contributed by atoms with van der Waals surface area (Å²) in [6.07, 6.45) is 15.7. The second kappa shape index (κ2) is 16.7. The molecule has 4 unspecified atom stereocenters. The van der Waals surface area contributed by atoms with Crippen LogP contribution in [0.2, 0.25) is 0 Å². The van der Waals surface area contributed by atoms with Gasteiger partial charge in [0.1, 0.15) is 48.0 Å². The fourth-order valence-electron chi connectivity index (χ4n) is 10.3. The van der Waals surface area contributed by atoms with Gasteiger partial charge in [-0.15, -0.1) is 0 Å². The molecule has 5 aromatic heterocycles. The van der Waals surface area contributed by atoms with Gasteiger partial charge in [0.05, 0.1) is 0 Å². The van der Waals surface area contributed by atoms with E-state index in [1.807, 2.05) is 0 Å². The van der Waals surface area contributed by atoms with Gasteiger partial charge in [-0.25, -0.2) is 28.3 Å². The van der Waals surface area contributed by atoms with Crippen molar-refractivity contribution in [2.45, 2.75) is 50.8 Å². The van der Waals surface area contributed by atoms with Crippen LogP contribution in [-0.2, 0) is 26.2 Å². The van der Waals surface area contributed by atoms with E-state index in [-0.39, 0.29) is 24.7 Å². The van der Waals surface area contributed by atoms with Crippen molar-refractivity contribution in [2.24, 2.45) is 9.98 Å². The van der Waals surface area contributed by atoms with Crippen LogP contribution in [0.4, 0.5) is 11.6 Å². The summed E-state index contributed by atoms with van der Waals surface area (Å²) in [6, 6.07) is 51.9. The molecule has 9 heterocycles. The van der Waals surface area contributed by atoms with E-state index < -0.39 is 0 Å². The topological polar surface area (TPSA) is 116 Å². The Kier molecular flexibility index (Phi) is 9.81. The Morgan fingerprint density at radius 2 is 0.809 bits per heavy atom. The second-order valence-corrected chi connectivity index (χ2v) is 18.1. The van der Waals surface area contributed by atoms with E-state index in [1.165, 1.54) is 27.8 Å². The van der Waals surface area contributed by atoms with Crippen LogP contribution in [0.5, 0.6) is 0 Å². The fourth-order valence-corrected chi connectivity index (χ4v) is 10.3. The zero-order valence-electron chi connectivity index (χ0n) is 37.3. The highest BCUT2D eigenvalue weighted by Crippen LogP contribution is 2.41. The highest BCUT2D eigenvalue weighted by atomic mass is 15.3. The molecule has 12 heteroatoms. The Hall–Kier alpha value is -8.48. The summed E-state index contributed by atoms with van der Waals surface area (Å²) in [5, 5.41) is 21.8. The van der Waals surface area contributed by atoms with Gasteiger partial charge in [-0.05, 0) is 35.4 Å². The van der Waals surface area contributed by atoms with Gasteiger partial charge in [-0.1, -0.05) is 72.8 Å². The molecule has 0 saturated carbocycles. The Bertz CT molecular complexity index is 3410. The lowest BCUT2D eigenvalue weighted by molar-refractivity contribution is -0.688. The number of aliphatic imine (C=N–C) groups is 2. The Morgan fingerprint density at radius 3 is 1.40 bits per heavy atom. The predicted octanol–water partition coefficient (Wildman–Crippen LogP) is 6.75. The van der Waals surface area contributed by atoms with Gasteiger partial charge in [0.25, 0.3) is 0 Å². The minimum atomic E-state index is -0.372. The molecule has 4 aromatic carbocycles. The third-order valence-electron chi connectivity index (χ3n) is 13.5. The molecule has 4 aliphatic heterocycles. The lowest BCUT2D eigenvalue weighted by Crippen LogP contribution is -2.40. The number of nitrogens with one attached hydrogen (secondary N) is 6. The minimum absolute atomic E-state index is 0.247. The van der Waals surface area contributed by atoms with E-state index in [0.29, 0.717) is 0 Å². The number of fused-ring (bicyclic) bond motifs is 18. The van der Waals surface area contributed by atoms with Crippen molar-refractivity contribution in [2.75, 3.05) is 10.6 Å². The number of H-pyrrole nitrogens is 1. The molecule has 0 amide bonds. The van der Waals surface area contributed by atoms with Crippen molar-refractivity contribution in [3.63, 3.8) is 0 Å². The molecule has 13 rings (SSSR count). The summed E-state index contributed by atoms with van der Waals surface area (Å²) in [5.74, 6) is 3.45. The average molecular weight is 891 g/mol. The summed E-state index contributed by atoms with van der Waals surface area (Å²) < 4.78 is 8.83. The fraction of sp³-hybridized carbons (Fsp3) is 0.143. The number of anilines is 2. The first kappa shape index (κ1) is 39.8. The summed E-state index contributed by atoms with van der Waals surface area (Å²) >= 11 is 0. The molecule has 9 aromatic rings. The summed E-state index contributed by atoms with van der Waals surface area (Å²) in [7, 11) is 0. The number of amidine groups is 2. The third kappa shape index (κ3) is 7.60. The average Bonchev–Trinajstić information content (AvgIpc) is 4.10. The predicted molar refractivity (Wildman–Crippen MR) is 261 cm³/mol. The summed E-state index contributed by atoms with van der Waals surface area (Å²) in [6.45, 7) is 2.99. The molecule has 330 valence electrons. The maximum absolute atomic E-state index is 5.50. The van der Waals surface area contributed by atoms with Gasteiger partial charge < -0.3 is 26.3 Å². The van der Waals surface area contributed by atoms with E-state index in [1.54, 1.807) is 0 Å². The van der Waals surface area contributed by atoms with Crippen molar-refractivity contribution < 1.29 is 18.3 Å². The number of pyridine rings is 4. The van der Waals surface area contributed by atoms with Crippen LogP contribution in [0, 0.1) is 0 Å². The number of nitrogens with zero attached hydrogens (tertiary/aromatic N) is 6. The van der Waals surface area contributed by atoms with E-state index in [2.05, 4.69) is 245 Å². The first-order valence-corrected chi connectivity index (χ1v) is 23.4. The van der Waals surface area contributed by atoms with Gasteiger partial charge in [-0.3, -0.25) is 5.32 Å². The number of hydrogen-bond donors (Lipinski definition) is 6. The van der Waals surface area contributed by atoms with E-state index in [0.717, 1.165) is 88.1 Å². The highest BCUT2D eigenvalue weighted by Gasteiger charge is 2.37. The van der Waals surface area contributed by atoms with Crippen molar-refractivity contribution in [1.82, 2.24) is 20.9 Å². The smallest absolute Gasteiger partial charge is 0.173 e. The molecule has 8 bridgehead atoms.